The van der Waals surface area contributed by atoms with E-state index in [9.17, 15) is 4.79 Å². The highest BCUT2D eigenvalue weighted by molar-refractivity contribution is 5.79. The maximum atomic E-state index is 12.2. The van der Waals surface area contributed by atoms with Crippen LogP contribution in [0.25, 0.3) is 0 Å². The molecule has 15 heavy (non-hydrogen) atoms. The molecule has 1 atom stereocenters. The molecule has 2 aliphatic rings. The van der Waals surface area contributed by atoms with Gasteiger partial charge in [0.15, 0.2) is 0 Å². The highest BCUT2D eigenvalue weighted by atomic mass is 16.5. The lowest BCUT2D eigenvalue weighted by Gasteiger charge is -2.34. The predicted molar refractivity (Wildman–Crippen MR) is 58.5 cm³/mol. The van der Waals surface area contributed by atoms with Crippen molar-refractivity contribution < 1.29 is 9.53 Å². The Labute approximate surface area is 91.8 Å². The van der Waals surface area contributed by atoms with Crippen molar-refractivity contribution in [3.8, 4) is 0 Å². The SMILES string of the molecule is C[C@H]1CCCN(C(=O)C2CCOCC2)C1. The van der Waals surface area contributed by atoms with Gasteiger partial charge < -0.3 is 9.64 Å². The Morgan fingerprint density at radius 3 is 2.67 bits per heavy atom. The van der Waals surface area contributed by atoms with E-state index in [1.807, 2.05) is 0 Å². The summed E-state index contributed by atoms with van der Waals surface area (Å²) in [5.41, 5.74) is 0. The van der Waals surface area contributed by atoms with Crippen LogP contribution >= 0.6 is 0 Å². The number of hydrogen-bond acceptors (Lipinski definition) is 2. The monoisotopic (exact) mass is 211 g/mol. The van der Waals surface area contributed by atoms with Crippen molar-refractivity contribution in [1.29, 1.82) is 0 Å². The molecule has 0 aromatic heterocycles. The van der Waals surface area contributed by atoms with Crippen LogP contribution in [0, 0.1) is 11.8 Å². The molecule has 0 aromatic carbocycles. The fourth-order valence-electron chi connectivity index (χ4n) is 2.59. The summed E-state index contributed by atoms with van der Waals surface area (Å²) in [4.78, 5) is 14.2. The predicted octanol–water partition coefficient (Wildman–Crippen LogP) is 1.67. The molecule has 0 spiro atoms. The Hall–Kier alpha value is -0.570. The topological polar surface area (TPSA) is 29.5 Å². The number of carbonyl (C=O) groups excluding carboxylic acids is 1. The summed E-state index contributed by atoms with van der Waals surface area (Å²) in [7, 11) is 0. The number of ether oxygens (including phenoxy) is 1. The number of hydrogen-bond donors (Lipinski definition) is 0. The first-order chi connectivity index (χ1) is 7.27. The van der Waals surface area contributed by atoms with Crippen molar-refractivity contribution in [3.05, 3.63) is 0 Å². The summed E-state index contributed by atoms with van der Waals surface area (Å²) >= 11 is 0. The van der Waals surface area contributed by atoms with Gasteiger partial charge in [-0.1, -0.05) is 6.92 Å². The van der Waals surface area contributed by atoms with Crippen molar-refractivity contribution in [3.63, 3.8) is 0 Å². The highest BCUT2D eigenvalue weighted by Gasteiger charge is 2.28. The van der Waals surface area contributed by atoms with Crippen LogP contribution in [0.1, 0.15) is 32.6 Å². The van der Waals surface area contributed by atoms with Crippen LogP contribution in [0.3, 0.4) is 0 Å². The molecule has 2 aliphatic heterocycles. The van der Waals surface area contributed by atoms with Crippen molar-refractivity contribution in [2.45, 2.75) is 32.6 Å². The minimum atomic E-state index is 0.240. The van der Waals surface area contributed by atoms with Gasteiger partial charge in [-0.25, -0.2) is 0 Å². The van der Waals surface area contributed by atoms with E-state index >= 15 is 0 Å². The number of amides is 1. The third kappa shape index (κ3) is 2.71. The fourth-order valence-corrected chi connectivity index (χ4v) is 2.59. The Kier molecular flexibility index (Phi) is 3.62. The standard InChI is InChI=1S/C12H21NO2/c1-10-3-2-6-13(9-10)12(14)11-4-7-15-8-5-11/h10-11H,2-9H2,1H3/t10-/m0/s1. The molecule has 3 nitrogen and oxygen atoms in total. The number of likely N-dealkylation sites (tertiary alicyclic amines) is 1. The van der Waals surface area contributed by atoms with Crippen molar-refractivity contribution in [2.24, 2.45) is 11.8 Å². The Bertz CT molecular complexity index is 224. The molecule has 1 amide bonds. The summed E-state index contributed by atoms with van der Waals surface area (Å²) in [6.45, 7) is 5.71. The van der Waals surface area contributed by atoms with Gasteiger partial charge in [0.2, 0.25) is 5.91 Å². The molecule has 0 N–H and O–H groups in total. The van der Waals surface area contributed by atoms with Crippen LogP contribution in [0.4, 0.5) is 0 Å². The molecule has 0 saturated carbocycles. The van der Waals surface area contributed by atoms with E-state index in [2.05, 4.69) is 11.8 Å². The molecule has 0 radical (unpaired) electrons. The zero-order valence-corrected chi connectivity index (χ0v) is 9.58. The van der Waals surface area contributed by atoms with Crippen LogP contribution in [0.5, 0.6) is 0 Å². The smallest absolute Gasteiger partial charge is 0.225 e. The Morgan fingerprint density at radius 2 is 2.00 bits per heavy atom. The number of rotatable bonds is 1. The van der Waals surface area contributed by atoms with Gasteiger partial charge in [-0.3, -0.25) is 4.79 Å². The maximum Gasteiger partial charge on any atom is 0.225 e. The van der Waals surface area contributed by atoms with E-state index in [-0.39, 0.29) is 5.92 Å². The third-order valence-corrected chi connectivity index (χ3v) is 3.54. The molecule has 0 aromatic rings. The summed E-state index contributed by atoms with van der Waals surface area (Å²) in [5.74, 6) is 1.30. The molecule has 3 heteroatoms. The lowest BCUT2D eigenvalue weighted by atomic mass is 9.95. The second-order valence-electron chi connectivity index (χ2n) is 4.92. The Morgan fingerprint density at radius 1 is 1.27 bits per heavy atom. The third-order valence-electron chi connectivity index (χ3n) is 3.54. The first-order valence-corrected chi connectivity index (χ1v) is 6.14. The van der Waals surface area contributed by atoms with E-state index in [0.29, 0.717) is 11.8 Å². The minimum Gasteiger partial charge on any atom is -0.381 e. The average molecular weight is 211 g/mol. The van der Waals surface area contributed by atoms with Gasteiger partial charge in [0.25, 0.3) is 0 Å². The molecule has 2 saturated heterocycles. The summed E-state index contributed by atoms with van der Waals surface area (Å²) < 4.78 is 5.29. The fraction of sp³-hybridized carbons (Fsp3) is 0.917. The maximum absolute atomic E-state index is 12.2. The largest absolute Gasteiger partial charge is 0.381 e. The molecule has 0 bridgehead atoms. The van der Waals surface area contributed by atoms with E-state index < -0.39 is 0 Å². The van der Waals surface area contributed by atoms with Crippen molar-refractivity contribution in [1.82, 2.24) is 4.90 Å². The average Bonchev–Trinajstić information content (AvgIpc) is 2.29. The summed E-state index contributed by atoms with van der Waals surface area (Å²) in [6, 6.07) is 0. The van der Waals surface area contributed by atoms with E-state index in [1.54, 1.807) is 0 Å². The molecule has 0 unspecified atom stereocenters. The first kappa shape index (κ1) is 10.9. The normalized spacial score (nSPS) is 29.1. The van der Waals surface area contributed by atoms with Crippen LogP contribution < -0.4 is 0 Å². The van der Waals surface area contributed by atoms with Gasteiger partial charge in [0.1, 0.15) is 0 Å². The van der Waals surface area contributed by atoms with E-state index in [0.717, 1.165) is 39.1 Å². The molecule has 2 heterocycles. The van der Waals surface area contributed by atoms with Gasteiger partial charge in [-0.2, -0.15) is 0 Å². The molecule has 0 aliphatic carbocycles. The van der Waals surface area contributed by atoms with Crippen LogP contribution in [-0.4, -0.2) is 37.1 Å². The molecule has 2 rings (SSSR count). The Balaban J connectivity index is 1.88. The molecular formula is C12H21NO2. The van der Waals surface area contributed by atoms with Crippen LogP contribution in [-0.2, 0) is 9.53 Å². The zero-order valence-electron chi connectivity index (χ0n) is 9.58. The van der Waals surface area contributed by atoms with Crippen molar-refractivity contribution >= 4 is 5.91 Å². The highest BCUT2D eigenvalue weighted by Crippen LogP contribution is 2.22. The summed E-state index contributed by atoms with van der Waals surface area (Å²) in [6.07, 6.45) is 4.29. The van der Waals surface area contributed by atoms with Crippen molar-refractivity contribution in [2.75, 3.05) is 26.3 Å². The number of nitrogens with zero attached hydrogens (tertiary/aromatic N) is 1. The summed E-state index contributed by atoms with van der Waals surface area (Å²) in [5, 5.41) is 0. The second kappa shape index (κ2) is 4.97. The van der Waals surface area contributed by atoms with E-state index in [1.165, 1.54) is 12.8 Å². The van der Waals surface area contributed by atoms with Gasteiger partial charge in [-0.05, 0) is 31.6 Å². The molecular weight excluding hydrogens is 190 g/mol. The van der Waals surface area contributed by atoms with E-state index in [4.69, 9.17) is 4.74 Å². The molecule has 2 fully saturated rings. The van der Waals surface area contributed by atoms with Crippen LogP contribution in [0.2, 0.25) is 0 Å². The van der Waals surface area contributed by atoms with Gasteiger partial charge in [-0.15, -0.1) is 0 Å². The van der Waals surface area contributed by atoms with Crippen LogP contribution in [0.15, 0.2) is 0 Å². The zero-order chi connectivity index (χ0) is 10.7. The number of carbonyl (C=O) groups is 1. The minimum absolute atomic E-state index is 0.240. The lowest BCUT2D eigenvalue weighted by molar-refractivity contribution is -0.140. The van der Waals surface area contributed by atoms with Gasteiger partial charge in [0.05, 0.1) is 0 Å². The second-order valence-corrected chi connectivity index (χ2v) is 4.92. The lowest BCUT2D eigenvalue weighted by Crippen LogP contribution is -2.43. The quantitative estimate of drug-likeness (QED) is 0.660. The van der Waals surface area contributed by atoms with Gasteiger partial charge in [0, 0.05) is 32.2 Å². The first-order valence-electron chi connectivity index (χ1n) is 6.14. The number of piperidine rings is 1. The molecule has 86 valence electrons. The van der Waals surface area contributed by atoms with Gasteiger partial charge >= 0.3 is 0 Å².